The molecule has 0 heterocycles. The van der Waals surface area contributed by atoms with E-state index < -0.39 is 0 Å². The molecular formula is C20H26O. The lowest BCUT2D eigenvalue weighted by atomic mass is 9.69. The molecule has 112 valence electrons. The second kappa shape index (κ2) is 6.43. The zero-order valence-electron chi connectivity index (χ0n) is 13.6. The summed E-state index contributed by atoms with van der Waals surface area (Å²) in [7, 11) is 0. The molecule has 0 aromatic heterocycles. The van der Waals surface area contributed by atoms with Gasteiger partial charge in [-0.2, -0.15) is 0 Å². The minimum atomic E-state index is -0.0281. The normalized spacial score (nSPS) is 21.2. The van der Waals surface area contributed by atoms with Gasteiger partial charge in [-0.3, -0.25) is 4.79 Å². The molecule has 0 aliphatic heterocycles. The van der Waals surface area contributed by atoms with Crippen LogP contribution in [0.15, 0.2) is 48.6 Å². The molecule has 1 nitrogen and oxygen atoms in total. The van der Waals surface area contributed by atoms with Crippen molar-refractivity contribution in [2.75, 3.05) is 0 Å². The van der Waals surface area contributed by atoms with Crippen molar-refractivity contribution in [3.63, 3.8) is 0 Å². The molecule has 0 fully saturated rings. The van der Waals surface area contributed by atoms with Crippen LogP contribution in [0.2, 0.25) is 0 Å². The molecule has 0 radical (unpaired) electrons. The zero-order valence-corrected chi connectivity index (χ0v) is 13.6. The van der Waals surface area contributed by atoms with Crippen molar-refractivity contribution in [2.24, 2.45) is 11.3 Å². The molecule has 1 aliphatic carbocycles. The van der Waals surface area contributed by atoms with Gasteiger partial charge in [-0.1, -0.05) is 70.2 Å². The zero-order chi connectivity index (χ0) is 15.5. The molecule has 2 rings (SSSR count). The van der Waals surface area contributed by atoms with E-state index in [1.165, 1.54) is 5.56 Å². The third-order valence-corrected chi connectivity index (χ3v) is 4.69. The SMILES string of the molecule is CC(C)c1cccc(C(=O)CC2(C(C)C)C=CC=CC2)c1. The van der Waals surface area contributed by atoms with Crippen LogP contribution in [0.3, 0.4) is 0 Å². The largest absolute Gasteiger partial charge is 0.294 e. The quantitative estimate of drug-likeness (QED) is 0.648. The van der Waals surface area contributed by atoms with Gasteiger partial charge in [-0.25, -0.2) is 0 Å². The number of hydrogen-bond donors (Lipinski definition) is 0. The van der Waals surface area contributed by atoms with E-state index in [-0.39, 0.29) is 11.2 Å². The summed E-state index contributed by atoms with van der Waals surface area (Å²) in [6, 6.07) is 8.11. The lowest BCUT2D eigenvalue weighted by Gasteiger charge is -2.35. The van der Waals surface area contributed by atoms with E-state index >= 15 is 0 Å². The van der Waals surface area contributed by atoms with Crippen LogP contribution >= 0.6 is 0 Å². The Labute approximate surface area is 128 Å². The van der Waals surface area contributed by atoms with Crippen molar-refractivity contribution in [3.8, 4) is 0 Å². The lowest BCUT2D eigenvalue weighted by molar-refractivity contribution is 0.0906. The maximum atomic E-state index is 12.7. The summed E-state index contributed by atoms with van der Waals surface area (Å²) in [4.78, 5) is 12.7. The molecule has 1 aliphatic rings. The molecule has 1 atom stereocenters. The van der Waals surface area contributed by atoms with Crippen LogP contribution in [0.5, 0.6) is 0 Å². The van der Waals surface area contributed by atoms with Gasteiger partial charge >= 0.3 is 0 Å². The van der Waals surface area contributed by atoms with Crippen molar-refractivity contribution in [2.45, 2.75) is 46.5 Å². The minimum absolute atomic E-state index is 0.0281. The van der Waals surface area contributed by atoms with E-state index in [4.69, 9.17) is 0 Å². The van der Waals surface area contributed by atoms with Crippen LogP contribution in [0.4, 0.5) is 0 Å². The van der Waals surface area contributed by atoms with Crippen LogP contribution in [0.25, 0.3) is 0 Å². The Balaban J connectivity index is 2.22. The van der Waals surface area contributed by atoms with Gasteiger partial charge in [0.2, 0.25) is 0 Å². The maximum Gasteiger partial charge on any atom is 0.163 e. The fourth-order valence-electron chi connectivity index (χ4n) is 2.92. The van der Waals surface area contributed by atoms with Gasteiger partial charge in [0.05, 0.1) is 0 Å². The summed E-state index contributed by atoms with van der Waals surface area (Å²) >= 11 is 0. The number of rotatable bonds is 5. The van der Waals surface area contributed by atoms with Crippen LogP contribution in [-0.4, -0.2) is 5.78 Å². The van der Waals surface area contributed by atoms with Crippen molar-refractivity contribution in [3.05, 3.63) is 59.7 Å². The van der Waals surface area contributed by atoms with E-state index in [1.54, 1.807) is 0 Å². The molecule has 0 amide bonds. The Hall–Kier alpha value is -1.63. The highest BCUT2D eigenvalue weighted by Gasteiger charge is 2.33. The Morgan fingerprint density at radius 3 is 2.52 bits per heavy atom. The molecule has 21 heavy (non-hydrogen) atoms. The highest BCUT2D eigenvalue weighted by molar-refractivity contribution is 5.96. The summed E-state index contributed by atoms with van der Waals surface area (Å²) in [5.74, 6) is 1.16. The van der Waals surface area contributed by atoms with Gasteiger partial charge in [0, 0.05) is 17.4 Å². The number of ketones is 1. The minimum Gasteiger partial charge on any atom is -0.294 e. The predicted octanol–water partition coefficient (Wildman–Crippen LogP) is 5.54. The van der Waals surface area contributed by atoms with Gasteiger partial charge < -0.3 is 0 Å². The standard InChI is InChI=1S/C20H26O/c1-15(2)17-9-8-10-18(13-17)19(21)14-20(16(3)4)11-6-5-7-12-20/h5-11,13,15-16H,12,14H2,1-4H3. The van der Waals surface area contributed by atoms with E-state index in [2.05, 4.69) is 64.1 Å². The van der Waals surface area contributed by atoms with Crippen molar-refractivity contribution >= 4 is 5.78 Å². The van der Waals surface area contributed by atoms with Crippen LogP contribution in [0, 0.1) is 11.3 Å². The first kappa shape index (κ1) is 15.8. The van der Waals surface area contributed by atoms with E-state index in [0.717, 1.165) is 12.0 Å². The molecule has 0 spiro atoms. The van der Waals surface area contributed by atoms with Crippen molar-refractivity contribution < 1.29 is 4.79 Å². The monoisotopic (exact) mass is 282 g/mol. The molecule has 1 unspecified atom stereocenters. The second-order valence-corrected chi connectivity index (χ2v) is 6.76. The summed E-state index contributed by atoms with van der Waals surface area (Å²) in [5.41, 5.74) is 2.06. The molecule has 0 saturated heterocycles. The molecular weight excluding hydrogens is 256 g/mol. The molecule has 0 saturated carbocycles. The molecule has 1 heteroatoms. The lowest BCUT2D eigenvalue weighted by Crippen LogP contribution is -2.28. The first-order valence-electron chi connectivity index (χ1n) is 7.92. The van der Waals surface area contributed by atoms with Crippen molar-refractivity contribution in [1.29, 1.82) is 0 Å². The number of allylic oxidation sites excluding steroid dienone is 4. The number of carbonyl (C=O) groups is 1. The maximum absolute atomic E-state index is 12.7. The Bertz CT molecular complexity index is 563. The molecule has 0 bridgehead atoms. The number of Topliss-reactive ketones (excluding diaryl/α,β-unsaturated/α-hetero) is 1. The van der Waals surface area contributed by atoms with Crippen LogP contribution in [0.1, 0.15) is 62.4 Å². The van der Waals surface area contributed by atoms with Gasteiger partial charge in [0.15, 0.2) is 5.78 Å². The Morgan fingerprint density at radius 2 is 1.95 bits per heavy atom. The summed E-state index contributed by atoms with van der Waals surface area (Å²) in [5, 5.41) is 0. The summed E-state index contributed by atoms with van der Waals surface area (Å²) in [6.07, 6.45) is 10.1. The summed E-state index contributed by atoms with van der Waals surface area (Å²) in [6.45, 7) is 8.74. The molecule has 0 N–H and O–H groups in total. The first-order chi connectivity index (χ1) is 9.94. The van der Waals surface area contributed by atoms with E-state index in [9.17, 15) is 4.79 Å². The smallest absolute Gasteiger partial charge is 0.163 e. The number of hydrogen-bond acceptors (Lipinski definition) is 1. The first-order valence-corrected chi connectivity index (χ1v) is 7.92. The predicted molar refractivity (Wildman–Crippen MR) is 89.6 cm³/mol. The molecule has 1 aromatic rings. The van der Waals surface area contributed by atoms with E-state index in [0.29, 0.717) is 18.3 Å². The fourth-order valence-corrected chi connectivity index (χ4v) is 2.92. The second-order valence-electron chi connectivity index (χ2n) is 6.76. The van der Waals surface area contributed by atoms with Crippen LogP contribution in [-0.2, 0) is 0 Å². The number of benzene rings is 1. The van der Waals surface area contributed by atoms with Gasteiger partial charge in [-0.15, -0.1) is 0 Å². The highest BCUT2D eigenvalue weighted by atomic mass is 16.1. The third kappa shape index (κ3) is 3.53. The average molecular weight is 282 g/mol. The highest BCUT2D eigenvalue weighted by Crippen LogP contribution is 2.40. The van der Waals surface area contributed by atoms with E-state index in [1.807, 2.05) is 12.1 Å². The average Bonchev–Trinajstić information content (AvgIpc) is 2.48. The summed E-state index contributed by atoms with van der Waals surface area (Å²) < 4.78 is 0. The number of carbonyl (C=O) groups excluding carboxylic acids is 1. The fraction of sp³-hybridized carbons (Fsp3) is 0.450. The topological polar surface area (TPSA) is 17.1 Å². The molecule has 1 aromatic carbocycles. The van der Waals surface area contributed by atoms with Crippen LogP contribution < -0.4 is 0 Å². The Kier molecular flexibility index (Phi) is 4.82. The van der Waals surface area contributed by atoms with Crippen molar-refractivity contribution in [1.82, 2.24) is 0 Å². The van der Waals surface area contributed by atoms with Gasteiger partial charge in [-0.05, 0) is 29.9 Å². The van der Waals surface area contributed by atoms with Gasteiger partial charge in [0.1, 0.15) is 0 Å². The Morgan fingerprint density at radius 1 is 1.19 bits per heavy atom. The third-order valence-electron chi connectivity index (χ3n) is 4.69. The van der Waals surface area contributed by atoms with Gasteiger partial charge in [0.25, 0.3) is 0 Å².